The van der Waals surface area contributed by atoms with Gasteiger partial charge in [-0.2, -0.15) is 0 Å². The lowest BCUT2D eigenvalue weighted by Crippen LogP contribution is -2.07. The lowest BCUT2D eigenvalue weighted by molar-refractivity contribution is 0.667. The van der Waals surface area contributed by atoms with Gasteiger partial charge in [-0.3, -0.25) is 0 Å². The van der Waals surface area contributed by atoms with Crippen molar-refractivity contribution in [1.29, 1.82) is 0 Å². The SMILES string of the molecule is C1=CC2\C=C/C=C\C=C\C2C=C1. The minimum absolute atomic E-state index is 0.552. The first-order valence-corrected chi connectivity index (χ1v) is 4.33. The fraction of sp³-hybridized carbons (Fsp3) is 0.167. The second kappa shape index (κ2) is 3.40. The molecule has 12 heavy (non-hydrogen) atoms. The van der Waals surface area contributed by atoms with Crippen molar-refractivity contribution in [2.75, 3.05) is 0 Å². The van der Waals surface area contributed by atoms with Gasteiger partial charge in [-0.25, -0.2) is 0 Å². The highest BCUT2D eigenvalue weighted by Crippen LogP contribution is 2.23. The van der Waals surface area contributed by atoms with Gasteiger partial charge in [-0.15, -0.1) is 0 Å². The summed E-state index contributed by atoms with van der Waals surface area (Å²) < 4.78 is 0. The molecule has 0 fully saturated rings. The molecule has 0 nitrogen and oxygen atoms in total. The molecule has 2 aliphatic rings. The van der Waals surface area contributed by atoms with Gasteiger partial charge in [0.15, 0.2) is 0 Å². The number of allylic oxidation sites excluding steroid dienone is 10. The number of rotatable bonds is 0. The van der Waals surface area contributed by atoms with Gasteiger partial charge in [0.05, 0.1) is 0 Å². The van der Waals surface area contributed by atoms with Crippen LogP contribution in [0.3, 0.4) is 0 Å². The molecule has 0 spiro atoms. The molecule has 0 heterocycles. The van der Waals surface area contributed by atoms with E-state index in [2.05, 4.69) is 60.8 Å². The third-order valence-electron chi connectivity index (χ3n) is 2.22. The Morgan fingerprint density at radius 1 is 0.417 bits per heavy atom. The molecule has 0 N–H and O–H groups in total. The first-order valence-electron chi connectivity index (χ1n) is 4.33. The standard InChI is InChI=1S/C12H12/c1-2-4-8-12-10-6-5-9-11(12)7-3-1/h1-12H/b2-1-,7-3-,8-4+. The molecule has 2 unspecified atom stereocenters. The van der Waals surface area contributed by atoms with Crippen LogP contribution in [0.25, 0.3) is 0 Å². The Morgan fingerprint density at radius 3 is 1.17 bits per heavy atom. The average molecular weight is 156 g/mol. The van der Waals surface area contributed by atoms with Crippen LogP contribution in [-0.2, 0) is 0 Å². The molecule has 0 radical (unpaired) electrons. The van der Waals surface area contributed by atoms with Gasteiger partial charge < -0.3 is 0 Å². The smallest absolute Gasteiger partial charge is 0.00506 e. The van der Waals surface area contributed by atoms with Crippen LogP contribution in [0, 0.1) is 11.8 Å². The van der Waals surface area contributed by atoms with Crippen LogP contribution in [0.15, 0.2) is 60.8 Å². The largest absolute Gasteiger partial charge is 0.0767 e. The molecule has 0 aromatic carbocycles. The van der Waals surface area contributed by atoms with Crippen molar-refractivity contribution in [1.82, 2.24) is 0 Å². The van der Waals surface area contributed by atoms with Crippen molar-refractivity contribution in [3.63, 3.8) is 0 Å². The molecule has 0 aromatic heterocycles. The second-order valence-electron chi connectivity index (χ2n) is 3.08. The van der Waals surface area contributed by atoms with E-state index in [-0.39, 0.29) is 0 Å². The maximum absolute atomic E-state index is 2.24. The van der Waals surface area contributed by atoms with Crippen LogP contribution in [0.4, 0.5) is 0 Å². The van der Waals surface area contributed by atoms with Crippen LogP contribution in [-0.4, -0.2) is 0 Å². The predicted molar refractivity (Wildman–Crippen MR) is 52.7 cm³/mol. The summed E-state index contributed by atoms with van der Waals surface area (Å²) in [6.45, 7) is 0. The zero-order chi connectivity index (χ0) is 8.23. The molecule has 0 aromatic rings. The number of hydrogen-bond acceptors (Lipinski definition) is 0. The van der Waals surface area contributed by atoms with E-state index in [1.807, 2.05) is 0 Å². The van der Waals surface area contributed by atoms with E-state index in [1.165, 1.54) is 0 Å². The van der Waals surface area contributed by atoms with E-state index < -0.39 is 0 Å². The summed E-state index contributed by atoms with van der Waals surface area (Å²) in [6.07, 6.45) is 21.6. The monoisotopic (exact) mass is 156 g/mol. The molecule has 0 bridgehead atoms. The van der Waals surface area contributed by atoms with Crippen molar-refractivity contribution in [2.24, 2.45) is 11.8 Å². The zero-order valence-corrected chi connectivity index (χ0v) is 6.93. The summed E-state index contributed by atoms with van der Waals surface area (Å²) >= 11 is 0. The van der Waals surface area contributed by atoms with Crippen LogP contribution in [0.1, 0.15) is 0 Å². The first kappa shape index (κ1) is 7.35. The molecule has 0 amide bonds. The average Bonchev–Trinajstić information content (AvgIpc) is 2.06. The minimum Gasteiger partial charge on any atom is -0.0767 e. The quantitative estimate of drug-likeness (QED) is 0.505. The highest BCUT2D eigenvalue weighted by atomic mass is 14.2. The maximum Gasteiger partial charge on any atom is 0.00506 e. The van der Waals surface area contributed by atoms with E-state index in [0.29, 0.717) is 11.8 Å². The van der Waals surface area contributed by atoms with E-state index >= 15 is 0 Å². The van der Waals surface area contributed by atoms with Gasteiger partial charge in [0, 0.05) is 11.8 Å². The van der Waals surface area contributed by atoms with Crippen LogP contribution < -0.4 is 0 Å². The summed E-state index contributed by atoms with van der Waals surface area (Å²) in [6, 6.07) is 0. The summed E-state index contributed by atoms with van der Waals surface area (Å²) in [7, 11) is 0. The lowest BCUT2D eigenvalue weighted by Gasteiger charge is -2.17. The lowest BCUT2D eigenvalue weighted by atomic mass is 9.87. The van der Waals surface area contributed by atoms with Gasteiger partial charge in [-0.1, -0.05) is 60.8 Å². The number of fused-ring (bicyclic) bond motifs is 1. The minimum atomic E-state index is 0.552. The molecule has 0 saturated heterocycles. The first-order chi connectivity index (χ1) is 5.97. The van der Waals surface area contributed by atoms with Crippen LogP contribution in [0.2, 0.25) is 0 Å². The maximum atomic E-state index is 2.24. The summed E-state index contributed by atoms with van der Waals surface area (Å²) in [5, 5.41) is 0. The van der Waals surface area contributed by atoms with E-state index in [9.17, 15) is 0 Å². The Morgan fingerprint density at radius 2 is 0.750 bits per heavy atom. The Bertz CT molecular complexity index is 257. The van der Waals surface area contributed by atoms with Crippen molar-refractivity contribution in [3.8, 4) is 0 Å². The fourth-order valence-corrected chi connectivity index (χ4v) is 1.54. The van der Waals surface area contributed by atoms with Gasteiger partial charge >= 0.3 is 0 Å². The van der Waals surface area contributed by atoms with Gasteiger partial charge in [0.2, 0.25) is 0 Å². The Balaban J connectivity index is 2.28. The second-order valence-corrected chi connectivity index (χ2v) is 3.08. The molecular weight excluding hydrogens is 144 g/mol. The topological polar surface area (TPSA) is 0 Å². The van der Waals surface area contributed by atoms with Crippen molar-refractivity contribution in [2.45, 2.75) is 0 Å². The summed E-state index contributed by atoms with van der Waals surface area (Å²) in [4.78, 5) is 0. The van der Waals surface area contributed by atoms with Crippen molar-refractivity contribution >= 4 is 0 Å². The summed E-state index contributed by atoms with van der Waals surface area (Å²) in [5.74, 6) is 1.10. The fourth-order valence-electron chi connectivity index (χ4n) is 1.54. The Kier molecular flexibility index (Phi) is 2.08. The Hall–Kier alpha value is -1.30. The molecule has 2 aliphatic carbocycles. The normalized spacial score (nSPS) is 39.3. The van der Waals surface area contributed by atoms with Gasteiger partial charge in [0.25, 0.3) is 0 Å². The molecule has 0 saturated carbocycles. The molecule has 2 atom stereocenters. The van der Waals surface area contributed by atoms with Crippen LogP contribution in [0.5, 0.6) is 0 Å². The molecule has 60 valence electrons. The van der Waals surface area contributed by atoms with Gasteiger partial charge in [0.1, 0.15) is 0 Å². The van der Waals surface area contributed by atoms with Crippen LogP contribution >= 0.6 is 0 Å². The Labute approximate surface area is 73.3 Å². The van der Waals surface area contributed by atoms with Gasteiger partial charge in [-0.05, 0) is 0 Å². The highest BCUT2D eigenvalue weighted by molar-refractivity contribution is 5.27. The van der Waals surface area contributed by atoms with E-state index in [0.717, 1.165) is 0 Å². The third-order valence-corrected chi connectivity index (χ3v) is 2.22. The van der Waals surface area contributed by atoms with Crippen molar-refractivity contribution in [3.05, 3.63) is 60.8 Å². The highest BCUT2D eigenvalue weighted by Gasteiger charge is 2.12. The molecular formula is C12H12. The van der Waals surface area contributed by atoms with Crippen molar-refractivity contribution < 1.29 is 0 Å². The molecule has 0 aliphatic heterocycles. The summed E-state index contributed by atoms with van der Waals surface area (Å²) in [5.41, 5.74) is 0. The molecule has 2 rings (SSSR count). The van der Waals surface area contributed by atoms with E-state index in [4.69, 9.17) is 0 Å². The number of hydrogen-bond donors (Lipinski definition) is 0. The zero-order valence-electron chi connectivity index (χ0n) is 6.93. The predicted octanol–water partition coefficient (Wildman–Crippen LogP) is 3.03. The third kappa shape index (κ3) is 1.48. The molecule has 0 heteroatoms. The van der Waals surface area contributed by atoms with E-state index in [1.54, 1.807) is 0 Å².